The molecule has 0 saturated heterocycles. The Hall–Kier alpha value is -0.940. The first-order valence-electron chi connectivity index (χ1n) is 9.72. The average molecular weight is 350 g/mol. The first-order chi connectivity index (χ1) is 11.5. The molecule has 4 aliphatic carbocycles. The third kappa shape index (κ3) is 1.72. The fourth-order valence-electron chi connectivity index (χ4n) is 7.78. The van der Waals surface area contributed by atoms with Crippen LogP contribution in [0.4, 0.5) is 0 Å². The van der Waals surface area contributed by atoms with Gasteiger partial charge < -0.3 is 15.3 Å². The summed E-state index contributed by atoms with van der Waals surface area (Å²) in [6.45, 7) is 5.61. The summed E-state index contributed by atoms with van der Waals surface area (Å²) in [5.41, 5.74) is -3.91. The lowest BCUT2D eigenvalue weighted by atomic mass is 9.38. The Bertz CT molecular complexity index is 646. The number of carboxylic acid groups (broad SMARTS) is 1. The van der Waals surface area contributed by atoms with E-state index >= 15 is 0 Å². The van der Waals surface area contributed by atoms with Crippen molar-refractivity contribution in [2.24, 2.45) is 34.0 Å². The first-order valence-corrected chi connectivity index (χ1v) is 9.72. The maximum atomic E-state index is 13.2. The van der Waals surface area contributed by atoms with Crippen molar-refractivity contribution in [3.8, 4) is 0 Å². The van der Waals surface area contributed by atoms with Gasteiger partial charge in [0.2, 0.25) is 0 Å². The topological polar surface area (TPSA) is 94.8 Å². The molecule has 0 aromatic heterocycles. The molecule has 0 aromatic rings. The van der Waals surface area contributed by atoms with E-state index in [2.05, 4.69) is 0 Å². The highest BCUT2D eigenvalue weighted by atomic mass is 16.4. The average Bonchev–Trinajstić information content (AvgIpc) is 2.73. The van der Waals surface area contributed by atoms with Gasteiger partial charge >= 0.3 is 5.97 Å². The molecule has 5 heteroatoms. The van der Waals surface area contributed by atoms with Gasteiger partial charge in [-0.3, -0.25) is 9.59 Å². The zero-order valence-electron chi connectivity index (χ0n) is 15.4. The molecule has 0 aromatic carbocycles. The number of carboxylic acids is 1. The molecule has 8 atom stereocenters. The zero-order valence-corrected chi connectivity index (χ0v) is 15.4. The highest BCUT2D eigenvalue weighted by Crippen LogP contribution is 2.72. The van der Waals surface area contributed by atoms with Crippen molar-refractivity contribution in [3.63, 3.8) is 0 Å². The van der Waals surface area contributed by atoms with Crippen LogP contribution in [0.15, 0.2) is 0 Å². The van der Waals surface area contributed by atoms with Gasteiger partial charge in [-0.1, -0.05) is 20.3 Å². The van der Waals surface area contributed by atoms with Crippen LogP contribution >= 0.6 is 0 Å². The van der Waals surface area contributed by atoms with Crippen LogP contribution in [0.5, 0.6) is 0 Å². The second-order valence-electron chi connectivity index (χ2n) is 9.84. The van der Waals surface area contributed by atoms with E-state index in [0.717, 1.165) is 6.42 Å². The maximum absolute atomic E-state index is 13.2. The van der Waals surface area contributed by atoms with E-state index in [9.17, 15) is 24.9 Å². The standard InChI is InChI=1S/C20H30O5/c1-11-12-5-8-20(25)18(3)7-4-6-17(2,16(23)24)14(18)13(21)10-19(20,9-12)15(11)22/h11-14,21,25H,4-10H2,1-3H3,(H,23,24)/t11?,12?,13?,14-,17-,18-,19-,20-/m1/s1. The van der Waals surface area contributed by atoms with Crippen LogP contribution < -0.4 is 0 Å². The number of aliphatic carboxylic acids is 1. The SMILES string of the molecule is CC1C(=O)[C@]23CC1CC[C@@]2(O)[C@]1(C)CCC[C@@](C)(C(=O)O)[C@H]1C(O)C3. The van der Waals surface area contributed by atoms with E-state index in [1.807, 2.05) is 13.8 Å². The molecule has 2 bridgehead atoms. The van der Waals surface area contributed by atoms with E-state index in [-0.39, 0.29) is 24.0 Å². The number of ketones is 1. The van der Waals surface area contributed by atoms with Crippen molar-refractivity contribution in [2.45, 2.75) is 77.4 Å². The van der Waals surface area contributed by atoms with Gasteiger partial charge in [0.1, 0.15) is 5.78 Å². The van der Waals surface area contributed by atoms with Crippen molar-refractivity contribution in [1.29, 1.82) is 0 Å². The quantitative estimate of drug-likeness (QED) is 0.675. The maximum Gasteiger partial charge on any atom is 0.309 e. The second-order valence-corrected chi connectivity index (χ2v) is 9.84. The van der Waals surface area contributed by atoms with Crippen LogP contribution in [0.25, 0.3) is 0 Å². The predicted molar refractivity (Wildman–Crippen MR) is 90.7 cm³/mol. The Labute approximate surface area is 148 Å². The van der Waals surface area contributed by atoms with Crippen LogP contribution in [0.3, 0.4) is 0 Å². The summed E-state index contributed by atoms with van der Waals surface area (Å²) in [5.74, 6) is -1.12. The van der Waals surface area contributed by atoms with Crippen LogP contribution in [-0.4, -0.2) is 38.8 Å². The van der Waals surface area contributed by atoms with E-state index in [1.165, 1.54) is 0 Å². The number of hydrogen-bond acceptors (Lipinski definition) is 4. The Kier molecular flexibility index (Phi) is 3.40. The number of aliphatic hydroxyl groups is 2. The summed E-state index contributed by atoms with van der Waals surface area (Å²) in [5, 5.41) is 33.0. The van der Waals surface area contributed by atoms with E-state index in [1.54, 1.807) is 6.92 Å². The molecular formula is C20H30O5. The number of hydrogen-bond donors (Lipinski definition) is 3. The molecule has 0 heterocycles. The third-order valence-corrected chi connectivity index (χ3v) is 9.01. The highest BCUT2D eigenvalue weighted by molar-refractivity contribution is 5.91. The normalized spacial score (nSPS) is 57.7. The molecule has 4 fully saturated rings. The number of rotatable bonds is 1. The number of carbonyl (C=O) groups is 2. The molecule has 3 N–H and O–H groups in total. The van der Waals surface area contributed by atoms with Crippen molar-refractivity contribution in [3.05, 3.63) is 0 Å². The van der Waals surface area contributed by atoms with Gasteiger partial charge in [-0.25, -0.2) is 0 Å². The van der Waals surface area contributed by atoms with E-state index in [0.29, 0.717) is 32.1 Å². The minimum absolute atomic E-state index is 0.0733. The van der Waals surface area contributed by atoms with Crippen molar-refractivity contribution in [1.82, 2.24) is 0 Å². The smallest absolute Gasteiger partial charge is 0.309 e. The molecule has 0 amide bonds. The summed E-state index contributed by atoms with van der Waals surface area (Å²) in [7, 11) is 0. The van der Waals surface area contributed by atoms with Crippen LogP contribution in [0, 0.1) is 34.0 Å². The van der Waals surface area contributed by atoms with Gasteiger partial charge in [-0.05, 0) is 51.4 Å². The lowest BCUT2D eigenvalue weighted by molar-refractivity contribution is -0.280. The summed E-state index contributed by atoms with van der Waals surface area (Å²) < 4.78 is 0. The lowest BCUT2D eigenvalue weighted by Crippen LogP contribution is -2.73. The van der Waals surface area contributed by atoms with Gasteiger partial charge in [-0.15, -0.1) is 0 Å². The Morgan fingerprint density at radius 3 is 2.48 bits per heavy atom. The molecule has 0 aliphatic heterocycles. The summed E-state index contributed by atoms with van der Waals surface area (Å²) in [6.07, 6.45) is 3.24. The van der Waals surface area contributed by atoms with Gasteiger partial charge in [-0.2, -0.15) is 0 Å². The van der Waals surface area contributed by atoms with Gasteiger partial charge in [0, 0.05) is 17.3 Å². The Morgan fingerprint density at radius 1 is 1.16 bits per heavy atom. The number of aliphatic hydroxyl groups excluding tert-OH is 1. The second kappa shape index (κ2) is 4.86. The minimum Gasteiger partial charge on any atom is -0.481 e. The fraction of sp³-hybridized carbons (Fsp3) is 0.900. The summed E-state index contributed by atoms with van der Waals surface area (Å²) >= 11 is 0. The molecule has 3 unspecified atom stereocenters. The predicted octanol–water partition coefficient (Wildman–Crippen LogP) is 2.38. The fourth-order valence-corrected chi connectivity index (χ4v) is 7.78. The molecule has 4 aliphatic rings. The first kappa shape index (κ1) is 17.5. The van der Waals surface area contributed by atoms with Crippen LogP contribution in [0.2, 0.25) is 0 Å². The zero-order chi connectivity index (χ0) is 18.4. The highest BCUT2D eigenvalue weighted by Gasteiger charge is 2.77. The van der Waals surface area contributed by atoms with Gasteiger partial charge in [0.05, 0.1) is 22.5 Å². The monoisotopic (exact) mass is 350 g/mol. The molecular weight excluding hydrogens is 320 g/mol. The Balaban J connectivity index is 1.90. The lowest BCUT2D eigenvalue weighted by Gasteiger charge is -2.68. The molecule has 5 nitrogen and oxygen atoms in total. The number of Topliss-reactive ketones (excluding diaryl/α,β-unsaturated/α-hetero) is 1. The molecule has 1 spiro atoms. The molecule has 25 heavy (non-hydrogen) atoms. The molecule has 4 rings (SSSR count). The Morgan fingerprint density at radius 2 is 1.84 bits per heavy atom. The number of carbonyl (C=O) groups excluding carboxylic acids is 1. The molecule has 0 radical (unpaired) electrons. The molecule has 140 valence electrons. The van der Waals surface area contributed by atoms with Crippen LogP contribution in [-0.2, 0) is 9.59 Å². The van der Waals surface area contributed by atoms with Crippen molar-refractivity contribution < 1.29 is 24.9 Å². The van der Waals surface area contributed by atoms with E-state index < -0.39 is 39.8 Å². The summed E-state index contributed by atoms with van der Waals surface area (Å²) in [6, 6.07) is 0. The van der Waals surface area contributed by atoms with Crippen molar-refractivity contribution >= 4 is 11.8 Å². The van der Waals surface area contributed by atoms with Crippen LogP contribution in [0.1, 0.15) is 65.7 Å². The third-order valence-electron chi connectivity index (χ3n) is 9.01. The van der Waals surface area contributed by atoms with Gasteiger partial charge in [0.25, 0.3) is 0 Å². The van der Waals surface area contributed by atoms with Gasteiger partial charge in [0.15, 0.2) is 0 Å². The summed E-state index contributed by atoms with van der Waals surface area (Å²) in [4.78, 5) is 25.3. The van der Waals surface area contributed by atoms with E-state index in [4.69, 9.17) is 0 Å². The number of fused-ring (bicyclic) bond motifs is 3. The van der Waals surface area contributed by atoms with Crippen molar-refractivity contribution in [2.75, 3.05) is 0 Å². The minimum atomic E-state index is -1.21. The molecule has 4 saturated carbocycles. The largest absolute Gasteiger partial charge is 0.481 e.